The van der Waals surface area contributed by atoms with Gasteiger partial charge in [-0.15, -0.1) is 0 Å². The van der Waals surface area contributed by atoms with Crippen LogP contribution in [0.4, 0.5) is 0 Å². The molecule has 6 nitrogen and oxygen atoms in total. The predicted octanol–water partition coefficient (Wildman–Crippen LogP) is 3.93. The summed E-state index contributed by atoms with van der Waals surface area (Å²) >= 11 is 0. The summed E-state index contributed by atoms with van der Waals surface area (Å²) < 4.78 is 7.63. The molecule has 1 fully saturated rings. The number of fused-ring (bicyclic) bond motifs is 2. The molecule has 1 saturated carbocycles. The number of Topliss-reactive ketones (excluding diaryl/α,β-unsaturated/α-hetero) is 1. The number of hydrogen-bond donors (Lipinski definition) is 0. The van der Waals surface area contributed by atoms with Gasteiger partial charge in [0.25, 0.3) is 0 Å². The molecule has 0 saturated heterocycles. The summed E-state index contributed by atoms with van der Waals surface area (Å²) in [6.45, 7) is 4.13. The molecule has 1 atom stereocenters. The Morgan fingerprint density at radius 1 is 1.24 bits per heavy atom. The number of ketones is 1. The molecular formula is C23H26N4O2. The van der Waals surface area contributed by atoms with Gasteiger partial charge in [-0.25, -0.2) is 0 Å². The standard InChI is InChI=1S/C23H26N4O2/c1-13-8-20(25-23-21(13)22(15-4-5-15)26-27(23)3)29-12-18(28)10-17-7-6-16-9-14(2)24-11-19(16)17/h8-9,11,15,17H,4-7,10,12H2,1-3H3/t17-/m1/s1. The van der Waals surface area contributed by atoms with Crippen LogP contribution in [-0.2, 0) is 18.3 Å². The Kier molecular flexibility index (Phi) is 4.37. The van der Waals surface area contributed by atoms with Crippen LogP contribution in [0.15, 0.2) is 18.3 Å². The van der Waals surface area contributed by atoms with Crippen molar-refractivity contribution >= 4 is 16.8 Å². The van der Waals surface area contributed by atoms with E-state index >= 15 is 0 Å². The van der Waals surface area contributed by atoms with Crippen molar-refractivity contribution in [2.75, 3.05) is 6.61 Å². The molecule has 0 aromatic carbocycles. The summed E-state index contributed by atoms with van der Waals surface area (Å²) in [4.78, 5) is 21.6. The van der Waals surface area contributed by atoms with Gasteiger partial charge < -0.3 is 4.74 Å². The molecule has 3 aromatic heterocycles. The summed E-state index contributed by atoms with van der Waals surface area (Å²) in [5.41, 5.74) is 6.69. The zero-order chi connectivity index (χ0) is 20.1. The van der Waals surface area contributed by atoms with E-state index in [1.54, 1.807) is 0 Å². The molecule has 0 bridgehead atoms. The second-order valence-corrected chi connectivity index (χ2v) is 8.55. The summed E-state index contributed by atoms with van der Waals surface area (Å²) in [7, 11) is 1.92. The zero-order valence-electron chi connectivity index (χ0n) is 17.2. The van der Waals surface area contributed by atoms with Crippen molar-refractivity contribution in [2.24, 2.45) is 7.05 Å². The fourth-order valence-corrected chi connectivity index (χ4v) is 4.55. The number of nitrogens with zero attached hydrogens (tertiary/aromatic N) is 4. The van der Waals surface area contributed by atoms with Crippen LogP contribution in [0.3, 0.4) is 0 Å². The SMILES string of the molecule is Cc1cc2c(cn1)[C@@H](CC(=O)COc1cc(C)c3c(C4CC4)nn(C)c3n1)CC2. The molecule has 2 aliphatic rings. The van der Waals surface area contributed by atoms with Crippen molar-refractivity contribution in [3.8, 4) is 5.88 Å². The van der Waals surface area contributed by atoms with Gasteiger partial charge in [-0.2, -0.15) is 10.1 Å². The first-order valence-corrected chi connectivity index (χ1v) is 10.4. The van der Waals surface area contributed by atoms with Crippen molar-refractivity contribution in [1.82, 2.24) is 19.7 Å². The number of carbonyl (C=O) groups excluding carboxylic acids is 1. The molecule has 3 heterocycles. The minimum atomic E-state index is 0.0520. The van der Waals surface area contributed by atoms with Gasteiger partial charge in [-0.05, 0) is 68.2 Å². The normalized spacial score (nSPS) is 18.2. The fraction of sp³-hybridized carbons (Fsp3) is 0.478. The average Bonchev–Trinajstić information content (AvgIpc) is 3.39. The van der Waals surface area contributed by atoms with Crippen LogP contribution in [0.5, 0.6) is 5.88 Å². The number of aromatic nitrogens is 4. The minimum absolute atomic E-state index is 0.0520. The van der Waals surface area contributed by atoms with Gasteiger partial charge in [0.15, 0.2) is 11.4 Å². The highest BCUT2D eigenvalue weighted by Crippen LogP contribution is 2.43. The third-order valence-electron chi connectivity index (χ3n) is 6.18. The van der Waals surface area contributed by atoms with E-state index in [0.29, 0.717) is 18.2 Å². The van der Waals surface area contributed by atoms with Crippen molar-refractivity contribution in [3.63, 3.8) is 0 Å². The van der Waals surface area contributed by atoms with E-state index in [1.165, 1.54) is 24.0 Å². The Labute approximate surface area is 170 Å². The lowest BCUT2D eigenvalue weighted by Gasteiger charge is -2.11. The van der Waals surface area contributed by atoms with Crippen molar-refractivity contribution in [2.45, 2.75) is 57.8 Å². The molecule has 2 aliphatic carbocycles. The van der Waals surface area contributed by atoms with Gasteiger partial charge in [-0.3, -0.25) is 14.5 Å². The number of pyridine rings is 2. The molecule has 0 spiro atoms. The van der Waals surface area contributed by atoms with Crippen LogP contribution >= 0.6 is 0 Å². The lowest BCUT2D eigenvalue weighted by atomic mass is 9.97. The number of aryl methyl sites for hydroxylation is 4. The van der Waals surface area contributed by atoms with E-state index in [4.69, 9.17) is 4.74 Å². The predicted molar refractivity (Wildman–Crippen MR) is 110 cm³/mol. The van der Waals surface area contributed by atoms with Gasteiger partial charge in [-0.1, -0.05) is 0 Å². The lowest BCUT2D eigenvalue weighted by Crippen LogP contribution is -2.15. The maximum Gasteiger partial charge on any atom is 0.215 e. The smallest absolute Gasteiger partial charge is 0.215 e. The second kappa shape index (κ2) is 6.94. The van der Waals surface area contributed by atoms with Crippen LogP contribution in [0.25, 0.3) is 11.0 Å². The molecule has 3 aromatic rings. The lowest BCUT2D eigenvalue weighted by molar-refractivity contribution is -0.121. The maximum absolute atomic E-state index is 12.6. The Morgan fingerprint density at radius 3 is 2.86 bits per heavy atom. The topological polar surface area (TPSA) is 69.9 Å². The maximum atomic E-state index is 12.6. The summed E-state index contributed by atoms with van der Waals surface area (Å²) in [6.07, 6.45) is 6.88. The Bertz CT molecular complexity index is 1110. The van der Waals surface area contributed by atoms with Gasteiger partial charge in [0, 0.05) is 42.7 Å². The molecule has 0 unspecified atom stereocenters. The monoisotopic (exact) mass is 390 g/mol. The molecule has 5 rings (SSSR count). The van der Waals surface area contributed by atoms with E-state index < -0.39 is 0 Å². The molecule has 0 radical (unpaired) electrons. The fourth-order valence-electron chi connectivity index (χ4n) is 4.55. The number of ether oxygens (including phenoxy) is 1. The van der Waals surface area contributed by atoms with E-state index in [9.17, 15) is 4.79 Å². The first-order valence-electron chi connectivity index (χ1n) is 10.4. The largest absolute Gasteiger partial charge is 0.470 e. The van der Waals surface area contributed by atoms with Crippen LogP contribution < -0.4 is 4.74 Å². The minimum Gasteiger partial charge on any atom is -0.470 e. The van der Waals surface area contributed by atoms with E-state index in [2.05, 4.69) is 28.1 Å². The van der Waals surface area contributed by atoms with Crippen LogP contribution in [0.1, 0.15) is 65.6 Å². The Morgan fingerprint density at radius 2 is 2.07 bits per heavy atom. The first-order chi connectivity index (χ1) is 14.0. The Balaban J connectivity index is 1.28. The van der Waals surface area contributed by atoms with E-state index in [-0.39, 0.29) is 18.3 Å². The highest BCUT2D eigenvalue weighted by atomic mass is 16.5. The summed E-state index contributed by atoms with van der Waals surface area (Å²) in [5.74, 6) is 1.43. The molecule has 0 amide bonds. The van der Waals surface area contributed by atoms with Gasteiger partial charge >= 0.3 is 0 Å². The average molecular weight is 390 g/mol. The summed E-state index contributed by atoms with van der Waals surface area (Å²) in [6, 6.07) is 4.07. The van der Waals surface area contributed by atoms with Crippen molar-refractivity contribution < 1.29 is 9.53 Å². The highest BCUT2D eigenvalue weighted by Gasteiger charge is 2.30. The summed E-state index contributed by atoms with van der Waals surface area (Å²) in [5, 5.41) is 5.81. The molecule has 150 valence electrons. The zero-order valence-corrected chi connectivity index (χ0v) is 17.2. The quantitative estimate of drug-likeness (QED) is 0.638. The molecule has 6 heteroatoms. The molecule has 0 N–H and O–H groups in total. The third-order valence-corrected chi connectivity index (χ3v) is 6.18. The molecular weight excluding hydrogens is 364 g/mol. The van der Waals surface area contributed by atoms with Crippen molar-refractivity contribution in [3.05, 3.63) is 46.4 Å². The molecule has 29 heavy (non-hydrogen) atoms. The van der Waals surface area contributed by atoms with Crippen LogP contribution in [0.2, 0.25) is 0 Å². The third kappa shape index (κ3) is 3.41. The number of rotatable bonds is 6. The first kappa shape index (κ1) is 18.3. The molecule has 0 aliphatic heterocycles. The van der Waals surface area contributed by atoms with E-state index in [0.717, 1.165) is 40.8 Å². The number of carbonyl (C=O) groups is 1. The second-order valence-electron chi connectivity index (χ2n) is 8.55. The Hall–Kier alpha value is -2.76. The van der Waals surface area contributed by atoms with Gasteiger partial charge in [0.1, 0.15) is 6.61 Å². The van der Waals surface area contributed by atoms with E-state index in [1.807, 2.05) is 30.9 Å². The van der Waals surface area contributed by atoms with Crippen LogP contribution in [-0.4, -0.2) is 32.1 Å². The highest BCUT2D eigenvalue weighted by molar-refractivity contribution is 5.84. The van der Waals surface area contributed by atoms with Gasteiger partial charge in [0.05, 0.1) is 5.69 Å². The van der Waals surface area contributed by atoms with Crippen molar-refractivity contribution in [1.29, 1.82) is 0 Å². The number of hydrogen-bond acceptors (Lipinski definition) is 5. The van der Waals surface area contributed by atoms with Crippen LogP contribution in [0, 0.1) is 13.8 Å². The van der Waals surface area contributed by atoms with Gasteiger partial charge in [0.2, 0.25) is 5.88 Å².